The van der Waals surface area contributed by atoms with Gasteiger partial charge in [0.25, 0.3) is 0 Å². The minimum absolute atomic E-state index is 0.414. The Morgan fingerprint density at radius 2 is 1.78 bits per heavy atom. The van der Waals surface area contributed by atoms with Crippen LogP contribution in [0.3, 0.4) is 0 Å². The summed E-state index contributed by atoms with van der Waals surface area (Å²) in [7, 11) is 0. The van der Waals surface area contributed by atoms with Gasteiger partial charge < -0.3 is 4.74 Å². The maximum atomic E-state index is 11.9. The zero-order valence-electron chi connectivity index (χ0n) is 15.9. The predicted molar refractivity (Wildman–Crippen MR) is 107 cm³/mol. The van der Waals surface area contributed by atoms with Crippen LogP contribution in [-0.2, 0) is 4.74 Å². The van der Waals surface area contributed by atoms with Gasteiger partial charge in [0.05, 0.1) is 5.56 Å². The van der Waals surface area contributed by atoms with Crippen molar-refractivity contribution in [1.82, 2.24) is 9.97 Å². The fraction of sp³-hybridized carbons (Fsp3) is 0.429. The number of rotatable bonds is 10. The monoisotopic (exact) mass is 383 g/mol. The molecule has 5 nitrogen and oxygen atoms in total. The van der Waals surface area contributed by atoms with Crippen LogP contribution in [0.25, 0.3) is 11.1 Å². The van der Waals surface area contributed by atoms with E-state index in [1.165, 1.54) is 39.0 Å². The summed E-state index contributed by atoms with van der Waals surface area (Å²) in [4.78, 5) is 20.7. The maximum Gasteiger partial charge on any atom is 0.339 e. The van der Waals surface area contributed by atoms with E-state index in [0.29, 0.717) is 5.56 Å². The average molecular weight is 384 g/mol. The molecule has 0 aliphatic heterocycles. The summed E-state index contributed by atoms with van der Waals surface area (Å²) in [6, 6.07) is 8.89. The first-order chi connectivity index (χ1) is 13.1. The quantitative estimate of drug-likeness (QED) is 0.241. The van der Waals surface area contributed by atoms with Gasteiger partial charge in [-0.25, -0.2) is 14.8 Å². The van der Waals surface area contributed by atoms with Gasteiger partial charge in [0.1, 0.15) is 6.07 Å². The van der Waals surface area contributed by atoms with E-state index >= 15 is 0 Å². The van der Waals surface area contributed by atoms with Gasteiger partial charge in [-0.2, -0.15) is 5.26 Å². The molecule has 1 heterocycles. The van der Waals surface area contributed by atoms with E-state index in [1.54, 1.807) is 36.3 Å². The van der Waals surface area contributed by atoms with Crippen LogP contribution in [0.4, 0.5) is 0 Å². The smallest absolute Gasteiger partial charge is 0.339 e. The molecule has 0 N–H and O–H groups in total. The molecule has 2 aromatic rings. The van der Waals surface area contributed by atoms with Crippen molar-refractivity contribution in [3.8, 4) is 17.2 Å². The number of benzene rings is 1. The van der Waals surface area contributed by atoms with Crippen molar-refractivity contribution in [3.05, 3.63) is 42.2 Å². The second-order valence-electron chi connectivity index (χ2n) is 6.27. The molecule has 0 saturated heterocycles. The van der Waals surface area contributed by atoms with Crippen molar-refractivity contribution in [2.24, 2.45) is 0 Å². The van der Waals surface area contributed by atoms with Crippen LogP contribution >= 0.6 is 11.8 Å². The van der Waals surface area contributed by atoms with Crippen LogP contribution in [0.15, 0.2) is 41.8 Å². The Bertz CT molecular complexity index is 754. The molecular weight excluding hydrogens is 358 g/mol. The maximum absolute atomic E-state index is 11.9. The van der Waals surface area contributed by atoms with Crippen molar-refractivity contribution in [1.29, 1.82) is 5.26 Å². The second kappa shape index (κ2) is 11.3. The van der Waals surface area contributed by atoms with E-state index in [2.05, 4.69) is 16.9 Å². The third-order valence-electron chi connectivity index (χ3n) is 4.03. The summed E-state index contributed by atoms with van der Waals surface area (Å²) in [6.45, 7) is 3.76. The Hall–Kier alpha value is -2.39. The Balaban J connectivity index is 1.87. The van der Waals surface area contributed by atoms with Gasteiger partial charge in [-0.1, -0.05) is 56.5 Å². The van der Waals surface area contributed by atoms with Gasteiger partial charge in [-0.15, -0.1) is 0 Å². The lowest BCUT2D eigenvalue weighted by molar-refractivity contribution is 0.0435. The standard InChI is InChI=1S/C21H25N3O2S/c1-3-4-5-6-7-12-27-21-23-14-19(15-24-21)17-8-10-18(11-9-17)20(25)26-16(2)13-22/h8-11,14-16H,3-7,12H2,1-2H3/t16-/m1/s1. The van der Waals surface area contributed by atoms with E-state index in [0.717, 1.165) is 22.0 Å². The van der Waals surface area contributed by atoms with E-state index in [4.69, 9.17) is 10.00 Å². The molecule has 6 heteroatoms. The lowest BCUT2D eigenvalue weighted by atomic mass is 10.1. The van der Waals surface area contributed by atoms with Crippen molar-refractivity contribution in [2.45, 2.75) is 57.2 Å². The van der Waals surface area contributed by atoms with Crippen molar-refractivity contribution in [3.63, 3.8) is 0 Å². The molecule has 142 valence electrons. The van der Waals surface area contributed by atoms with E-state index < -0.39 is 12.1 Å². The average Bonchev–Trinajstić information content (AvgIpc) is 2.71. The van der Waals surface area contributed by atoms with E-state index in [1.807, 2.05) is 18.2 Å². The Labute approximate surface area is 165 Å². The summed E-state index contributed by atoms with van der Waals surface area (Å²) in [5, 5.41) is 9.50. The van der Waals surface area contributed by atoms with Crippen LogP contribution in [0.5, 0.6) is 0 Å². The number of hydrogen-bond acceptors (Lipinski definition) is 6. The summed E-state index contributed by atoms with van der Waals surface area (Å²) >= 11 is 1.69. The molecule has 0 radical (unpaired) electrons. The molecule has 0 unspecified atom stereocenters. The van der Waals surface area contributed by atoms with E-state index in [-0.39, 0.29) is 0 Å². The molecule has 0 aliphatic rings. The van der Waals surface area contributed by atoms with Crippen molar-refractivity contribution >= 4 is 17.7 Å². The number of hydrogen-bond donors (Lipinski definition) is 0. The predicted octanol–water partition coefficient (Wildman–Crippen LogP) is 5.27. The third kappa shape index (κ3) is 7.03. The Morgan fingerprint density at radius 3 is 2.41 bits per heavy atom. The minimum atomic E-state index is -0.762. The number of carbonyl (C=O) groups is 1. The lowest BCUT2D eigenvalue weighted by Crippen LogP contribution is -2.12. The zero-order valence-corrected chi connectivity index (χ0v) is 16.7. The number of thioether (sulfide) groups is 1. The summed E-state index contributed by atoms with van der Waals surface area (Å²) in [5.74, 6) is 0.540. The molecule has 1 atom stereocenters. The third-order valence-corrected chi connectivity index (χ3v) is 4.99. The molecule has 2 rings (SSSR count). The second-order valence-corrected chi connectivity index (χ2v) is 7.33. The van der Waals surface area contributed by atoms with Gasteiger partial charge in [0.15, 0.2) is 11.3 Å². The molecule has 0 aliphatic carbocycles. The number of nitriles is 1. The van der Waals surface area contributed by atoms with Crippen LogP contribution in [0, 0.1) is 11.3 Å². The Kier molecular flexibility index (Phi) is 8.79. The SMILES string of the molecule is CCCCCCCSc1ncc(-c2ccc(C(=O)O[C@H](C)C#N)cc2)cn1. The number of ether oxygens (including phenoxy) is 1. The molecule has 0 amide bonds. The highest BCUT2D eigenvalue weighted by molar-refractivity contribution is 7.99. The normalized spacial score (nSPS) is 11.6. The lowest BCUT2D eigenvalue weighted by Gasteiger charge is -2.07. The largest absolute Gasteiger partial charge is 0.444 e. The first kappa shape index (κ1) is 20.9. The van der Waals surface area contributed by atoms with Crippen LogP contribution in [-0.4, -0.2) is 27.8 Å². The summed E-state index contributed by atoms with van der Waals surface area (Å²) < 4.78 is 4.99. The number of esters is 1. The summed E-state index contributed by atoms with van der Waals surface area (Å²) in [5.41, 5.74) is 2.24. The molecule has 27 heavy (non-hydrogen) atoms. The van der Waals surface area contributed by atoms with Gasteiger partial charge >= 0.3 is 5.97 Å². The highest BCUT2D eigenvalue weighted by Crippen LogP contribution is 2.21. The highest BCUT2D eigenvalue weighted by atomic mass is 32.2. The number of aromatic nitrogens is 2. The molecule has 0 bridgehead atoms. The minimum Gasteiger partial charge on any atom is -0.444 e. The molecule has 1 aromatic heterocycles. The molecule has 0 saturated carbocycles. The van der Waals surface area contributed by atoms with Crippen LogP contribution in [0.2, 0.25) is 0 Å². The van der Waals surface area contributed by atoms with Crippen LogP contribution < -0.4 is 0 Å². The molecule has 0 fully saturated rings. The fourth-order valence-corrected chi connectivity index (χ4v) is 3.25. The number of unbranched alkanes of at least 4 members (excludes halogenated alkanes) is 4. The molecule has 0 spiro atoms. The zero-order chi connectivity index (χ0) is 19.5. The van der Waals surface area contributed by atoms with Crippen molar-refractivity contribution < 1.29 is 9.53 Å². The van der Waals surface area contributed by atoms with Gasteiger partial charge in [0.2, 0.25) is 0 Å². The number of carbonyl (C=O) groups excluding carboxylic acids is 1. The van der Waals surface area contributed by atoms with Gasteiger partial charge in [0, 0.05) is 23.7 Å². The highest BCUT2D eigenvalue weighted by Gasteiger charge is 2.11. The molecular formula is C21H25N3O2S. The van der Waals surface area contributed by atoms with Gasteiger partial charge in [-0.3, -0.25) is 0 Å². The Morgan fingerprint density at radius 1 is 1.11 bits per heavy atom. The van der Waals surface area contributed by atoms with Crippen molar-refractivity contribution in [2.75, 3.05) is 5.75 Å². The first-order valence-electron chi connectivity index (χ1n) is 9.30. The van der Waals surface area contributed by atoms with E-state index in [9.17, 15) is 4.79 Å². The molecule has 1 aromatic carbocycles. The fourth-order valence-electron chi connectivity index (χ4n) is 2.46. The van der Waals surface area contributed by atoms with Crippen LogP contribution in [0.1, 0.15) is 56.3 Å². The van der Waals surface area contributed by atoms with Gasteiger partial charge in [-0.05, 0) is 31.0 Å². The topological polar surface area (TPSA) is 75.9 Å². The first-order valence-corrected chi connectivity index (χ1v) is 10.3. The summed E-state index contributed by atoms with van der Waals surface area (Å²) in [6.07, 6.45) is 9.17. The number of nitrogens with zero attached hydrogens (tertiary/aromatic N) is 3.